The Morgan fingerprint density at radius 2 is 2.11 bits per heavy atom. The molecule has 1 aliphatic rings. The van der Waals surface area contributed by atoms with Crippen LogP contribution in [0.15, 0.2) is 24.7 Å². The van der Waals surface area contributed by atoms with E-state index in [0.29, 0.717) is 18.1 Å². The Balaban J connectivity index is 1.71. The highest BCUT2D eigenvalue weighted by molar-refractivity contribution is 5.85. The lowest BCUT2D eigenvalue weighted by atomic mass is 10.0. The van der Waals surface area contributed by atoms with Gasteiger partial charge in [0.1, 0.15) is 12.1 Å². The Bertz CT molecular complexity index is 549. The highest BCUT2D eigenvalue weighted by Crippen LogP contribution is 2.28. The van der Waals surface area contributed by atoms with Gasteiger partial charge in [-0.3, -0.25) is 0 Å². The van der Waals surface area contributed by atoms with E-state index >= 15 is 0 Å². The standard InChI is InChI=1S/C14H18N4O/c19-12(10-4-1-2-5-10)8-16-14-11-6-3-7-15-13(11)17-9-18-14/h3,6-7,9-10,12,19H,1-2,4-5,8H2,(H,15,16,17,18)/t12-/m0/s1. The maximum absolute atomic E-state index is 10.2. The average molecular weight is 258 g/mol. The van der Waals surface area contributed by atoms with Crippen molar-refractivity contribution in [1.29, 1.82) is 0 Å². The fourth-order valence-corrected chi connectivity index (χ4v) is 2.75. The molecule has 19 heavy (non-hydrogen) atoms. The van der Waals surface area contributed by atoms with Crippen LogP contribution in [0.2, 0.25) is 0 Å². The Morgan fingerprint density at radius 3 is 2.95 bits per heavy atom. The Morgan fingerprint density at radius 1 is 1.26 bits per heavy atom. The van der Waals surface area contributed by atoms with Gasteiger partial charge in [0.05, 0.1) is 11.5 Å². The van der Waals surface area contributed by atoms with E-state index < -0.39 is 0 Å². The van der Waals surface area contributed by atoms with Crippen molar-refractivity contribution in [3.05, 3.63) is 24.7 Å². The molecule has 0 unspecified atom stereocenters. The number of pyridine rings is 1. The third-order valence-electron chi connectivity index (χ3n) is 3.83. The lowest BCUT2D eigenvalue weighted by Gasteiger charge is -2.18. The predicted octanol–water partition coefficient (Wildman–Crippen LogP) is 1.99. The second kappa shape index (κ2) is 5.48. The minimum Gasteiger partial charge on any atom is -0.391 e. The first-order valence-corrected chi connectivity index (χ1v) is 6.82. The second-order valence-electron chi connectivity index (χ2n) is 5.09. The van der Waals surface area contributed by atoms with Crippen LogP contribution in [-0.4, -0.2) is 32.7 Å². The van der Waals surface area contributed by atoms with Crippen LogP contribution in [0, 0.1) is 5.92 Å². The number of nitrogens with one attached hydrogen (secondary N) is 1. The molecule has 5 heteroatoms. The van der Waals surface area contributed by atoms with E-state index in [4.69, 9.17) is 0 Å². The normalized spacial score (nSPS) is 17.7. The first-order valence-electron chi connectivity index (χ1n) is 6.82. The molecule has 0 aromatic carbocycles. The summed E-state index contributed by atoms with van der Waals surface area (Å²) in [5.41, 5.74) is 0.676. The molecule has 2 N–H and O–H groups in total. The van der Waals surface area contributed by atoms with E-state index in [0.717, 1.165) is 24.0 Å². The third kappa shape index (κ3) is 2.66. The maximum Gasteiger partial charge on any atom is 0.164 e. The quantitative estimate of drug-likeness (QED) is 0.877. The zero-order valence-corrected chi connectivity index (χ0v) is 10.8. The molecule has 0 spiro atoms. The van der Waals surface area contributed by atoms with E-state index in [1.165, 1.54) is 19.2 Å². The molecule has 0 aliphatic heterocycles. The van der Waals surface area contributed by atoms with Crippen LogP contribution in [0.25, 0.3) is 11.0 Å². The third-order valence-corrected chi connectivity index (χ3v) is 3.83. The van der Waals surface area contributed by atoms with Crippen molar-refractivity contribution in [2.45, 2.75) is 31.8 Å². The molecule has 1 fully saturated rings. The van der Waals surface area contributed by atoms with Crippen LogP contribution in [0.1, 0.15) is 25.7 Å². The van der Waals surface area contributed by atoms with Gasteiger partial charge in [0.25, 0.3) is 0 Å². The first kappa shape index (κ1) is 12.3. The summed E-state index contributed by atoms with van der Waals surface area (Å²) in [6, 6.07) is 3.80. The Hall–Kier alpha value is -1.75. The lowest BCUT2D eigenvalue weighted by molar-refractivity contribution is 0.123. The number of aromatic nitrogens is 3. The van der Waals surface area contributed by atoms with E-state index in [9.17, 15) is 5.11 Å². The number of hydrogen-bond donors (Lipinski definition) is 2. The van der Waals surface area contributed by atoms with Crippen LogP contribution < -0.4 is 5.32 Å². The number of hydrogen-bond acceptors (Lipinski definition) is 5. The summed E-state index contributed by atoms with van der Waals surface area (Å²) in [6.07, 6.45) is 7.66. The molecule has 1 atom stereocenters. The maximum atomic E-state index is 10.2. The molecular formula is C14H18N4O. The number of nitrogens with zero attached hydrogens (tertiary/aromatic N) is 3. The number of aliphatic hydroxyl groups excluding tert-OH is 1. The molecule has 5 nitrogen and oxygen atoms in total. The molecule has 1 saturated carbocycles. The van der Waals surface area contributed by atoms with Gasteiger partial charge >= 0.3 is 0 Å². The molecule has 0 saturated heterocycles. The fourth-order valence-electron chi connectivity index (χ4n) is 2.75. The Labute approximate surface area is 112 Å². The van der Waals surface area contributed by atoms with Crippen molar-refractivity contribution in [3.8, 4) is 0 Å². The van der Waals surface area contributed by atoms with Gasteiger partial charge in [-0.25, -0.2) is 15.0 Å². The van der Waals surface area contributed by atoms with E-state index in [1.54, 1.807) is 6.20 Å². The molecule has 3 rings (SSSR count). The number of fused-ring (bicyclic) bond motifs is 1. The van der Waals surface area contributed by atoms with Gasteiger partial charge in [-0.05, 0) is 30.9 Å². The van der Waals surface area contributed by atoms with Gasteiger partial charge in [0.2, 0.25) is 0 Å². The van der Waals surface area contributed by atoms with Crippen LogP contribution >= 0.6 is 0 Å². The van der Waals surface area contributed by atoms with Crippen LogP contribution in [0.5, 0.6) is 0 Å². The van der Waals surface area contributed by atoms with Crippen molar-refractivity contribution in [3.63, 3.8) is 0 Å². The fraction of sp³-hybridized carbons (Fsp3) is 0.500. The largest absolute Gasteiger partial charge is 0.391 e. The Kier molecular flexibility index (Phi) is 3.55. The highest BCUT2D eigenvalue weighted by Gasteiger charge is 2.23. The summed E-state index contributed by atoms with van der Waals surface area (Å²) in [5, 5.41) is 14.3. The number of anilines is 1. The highest BCUT2D eigenvalue weighted by atomic mass is 16.3. The summed E-state index contributed by atoms with van der Waals surface area (Å²) in [7, 11) is 0. The van der Waals surface area contributed by atoms with Crippen LogP contribution in [0.3, 0.4) is 0 Å². The van der Waals surface area contributed by atoms with E-state index in [1.807, 2.05) is 12.1 Å². The van der Waals surface area contributed by atoms with Gasteiger partial charge in [0.15, 0.2) is 5.65 Å². The SMILES string of the molecule is O[C@@H](CNc1ncnc2ncccc12)C1CCCC1. The van der Waals surface area contributed by atoms with Gasteiger partial charge < -0.3 is 10.4 Å². The minimum atomic E-state index is -0.302. The van der Waals surface area contributed by atoms with Crippen LogP contribution in [0.4, 0.5) is 5.82 Å². The summed E-state index contributed by atoms with van der Waals surface area (Å²) in [5.74, 6) is 1.17. The van der Waals surface area contributed by atoms with Crippen molar-refractivity contribution >= 4 is 16.9 Å². The second-order valence-corrected chi connectivity index (χ2v) is 5.09. The minimum absolute atomic E-state index is 0.302. The molecule has 0 radical (unpaired) electrons. The molecular weight excluding hydrogens is 240 g/mol. The molecule has 2 aromatic rings. The van der Waals surface area contributed by atoms with Crippen molar-refractivity contribution in [1.82, 2.24) is 15.0 Å². The monoisotopic (exact) mass is 258 g/mol. The lowest BCUT2D eigenvalue weighted by Crippen LogP contribution is -2.27. The first-order chi connectivity index (χ1) is 9.34. The van der Waals surface area contributed by atoms with Gasteiger partial charge in [-0.2, -0.15) is 0 Å². The number of rotatable bonds is 4. The molecule has 0 amide bonds. The zero-order valence-electron chi connectivity index (χ0n) is 10.8. The van der Waals surface area contributed by atoms with Gasteiger partial charge in [-0.1, -0.05) is 12.8 Å². The molecule has 0 bridgehead atoms. The molecule has 100 valence electrons. The van der Waals surface area contributed by atoms with Gasteiger partial charge in [0, 0.05) is 12.7 Å². The van der Waals surface area contributed by atoms with E-state index in [-0.39, 0.29) is 6.10 Å². The van der Waals surface area contributed by atoms with Crippen molar-refractivity contribution in [2.75, 3.05) is 11.9 Å². The predicted molar refractivity (Wildman–Crippen MR) is 73.8 cm³/mol. The molecule has 1 aliphatic carbocycles. The van der Waals surface area contributed by atoms with Crippen molar-refractivity contribution in [2.24, 2.45) is 5.92 Å². The van der Waals surface area contributed by atoms with Crippen LogP contribution in [-0.2, 0) is 0 Å². The van der Waals surface area contributed by atoms with E-state index in [2.05, 4.69) is 20.3 Å². The topological polar surface area (TPSA) is 70.9 Å². The summed E-state index contributed by atoms with van der Waals surface area (Å²) >= 11 is 0. The summed E-state index contributed by atoms with van der Waals surface area (Å²) in [4.78, 5) is 12.5. The summed E-state index contributed by atoms with van der Waals surface area (Å²) < 4.78 is 0. The smallest absolute Gasteiger partial charge is 0.164 e. The number of aliphatic hydroxyl groups is 1. The van der Waals surface area contributed by atoms with Gasteiger partial charge in [-0.15, -0.1) is 0 Å². The molecule has 2 aromatic heterocycles. The summed E-state index contributed by atoms with van der Waals surface area (Å²) in [6.45, 7) is 0.533. The average Bonchev–Trinajstić information content (AvgIpc) is 2.99. The molecule has 2 heterocycles. The zero-order chi connectivity index (χ0) is 13.1. The van der Waals surface area contributed by atoms with Crippen molar-refractivity contribution < 1.29 is 5.11 Å².